The minimum atomic E-state index is -0.809. The van der Waals surface area contributed by atoms with Gasteiger partial charge in [0.25, 0.3) is 0 Å². The Bertz CT molecular complexity index is 1300. The zero-order chi connectivity index (χ0) is 28.3. The molecule has 3 aromatic carbocycles. The Morgan fingerprint density at radius 3 is 2.12 bits per heavy atom. The van der Waals surface area contributed by atoms with Crippen molar-refractivity contribution in [1.29, 1.82) is 0 Å². The number of hydrogen-bond acceptors (Lipinski definition) is 0. The molecular formula is C37H43F3. The minimum absolute atomic E-state index is 0.236. The van der Waals surface area contributed by atoms with Gasteiger partial charge in [-0.2, -0.15) is 0 Å². The van der Waals surface area contributed by atoms with Gasteiger partial charge in [0.05, 0.1) is 0 Å². The molecule has 0 spiro atoms. The van der Waals surface area contributed by atoms with Crippen molar-refractivity contribution in [3.63, 3.8) is 0 Å². The lowest BCUT2D eigenvalue weighted by Gasteiger charge is -2.22. The maximum Gasteiger partial charge on any atom is 0.166 e. The Balaban J connectivity index is 1.40. The van der Waals surface area contributed by atoms with Gasteiger partial charge in [-0.1, -0.05) is 106 Å². The fourth-order valence-corrected chi connectivity index (χ4v) is 5.79. The van der Waals surface area contributed by atoms with Crippen molar-refractivity contribution in [2.24, 2.45) is 5.92 Å². The number of benzene rings is 3. The molecular weight excluding hydrogens is 501 g/mol. The first kappa shape index (κ1) is 29.9. The second-order valence-corrected chi connectivity index (χ2v) is 11.2. The van der Waals surface area contributed by atoms with Crippen LogP contribution in [-0.4, -0.2) is 0 Å². The SMILES string of the molecule is CC=CCCC1CC=C(c2ccc(-c3ccc(-c4ccc(CCCCCCCC)c(F)c4F)cc3)c(F)c2)CC1. The molecule has 4 rings (SSSR count). The number of aryl methyl sites for hydroxylation is 1. The highest BCUT2D eigenvalue weighted by atomic mass is 19.2. The molecule has 3 heteroatoms. The summed E-state index contributed by atoms with van der Waals surface area (Å²) < 4.78 is 45.0. The lowest BCUT2D eigenvalue weighted by Crippen LogP contribution is -2.05. The Morgan fingerprint density at radius 1 is 0.775 bits per heavy atom. The number of halogens is 3. The van der Waals surface area contributed by atoms with Crippen LogP contribution in [0.15, 0.2) is 72.8 Å². The summed E-state index contributed by atoms with van der Waals surface area (Å²) in [5.41, 5.74) is 4.66. The summed E-state index contributed by atoms with van der Waals surface area (Å²) in [6.07, 6.45) is 19.3. The average molecular weight is 545 g/mol. The predicted molar refractivity (Wildman–Crippen MR) is 164 cm³/mol. The van der Waals surface area contributed by atoms with E-state index in [-0.39, 0.29) is 11.4 Å². The molecule has 0 saturated carbocycles. The maximum absolute atomic E-state index is 15.2. The normalized spacial score (nSPS) is 15.5. The molecule has 0 nitrogen and oxygen atoms in total. The molecule has 1 unspecified atom stereocenters. The van der Waals surface area contributed by atoms with E-state index in [4.69, 9.17) is 0 Å². The lowest BCUT2D eigenvalue weighted by atomic mass is 9.84. The first-order valence-electron chi connectivity index (χ1n) is 15.2. The van der Waals surface area contributed by atoms with Gasteiger partial charge >= 0.3 is 0 Å². The molecule has 40 heavy (non-hydrogen) atoms. The third kappa shape index (κ3) is 7.77. The first-order valence-corrected chi connectivity index (χ1v) is 15.2. The van der Waals surface area contributed by atoms with Gasteiger partial charge < -0.3 is 0 Å². The Kier molecular flexibility index (Phi) is 11.3. The van der Waals surface area contributed by atoms with Crippen LogP contribution in [0.1, 0.15) is 95.6 Å². The molecule has 3 aromatic rings. The topological polar surface area (TPSA) is 0 Å². The largest absolute Gasteiger partial charge is 0.206 e. The standard InChI is InChI=1S/C37H43F3/c1-3-5-7-8-9-11-13-31-22-25-34(37(40)36(31)39)30-20-18-29(19-21-30)33-24-23-32(26-35(33)38)28-16-14-27(15-17-28)12-10-6-4-2/h4,6,16,18-27H,3,5,7-15,17H2,1-2H3. The van der Waals surface area contributed by atoms with Crippen LogP contribution in [0.5, 0.6) is 0 Å². The molecule has 0 N–H and O–H groups in total. The molecule has 0 aliphatic heterocycles. The summed E-state index contributed by atoms with van der Waals surface area (Å²) in [6.45, 7) is 4.24. The predicted octanol–water partition coefficient (Wildman–Crippen LogP) is 11.9. The number of unbranched alkanes of at least 4 members (excludes halogenated alkanes) is 5. The quantitative estimate of drug-likeness (QED) is 0.148. The smallest absolute Gasteiger partial charge is 0.166 e. The van der Waals surface area contributed by atoms with E-state index in [1.807, 2.05) is 12.1 Å². The van der Waals surface area contributed by atoms with Crippen molar-refractivity contribution < 1.29 is 13.2 Å². The molecule has 1 aliphatic carbocycles. The van der Waals surface area contributed by atoms with Crippen LogP contribution < -0.4 is 0 Å². The van der Waals surface area contributed by atoms with E-state index in [0.29, 0.717) is 29.0 Å². The van der Waals surface area contributed by atoms with Crippen molar-refractivity contribution in [3.8, 4) is 22.3 Å². The Hall–Kier alpha value is -3.07. The maximum atomic E-state index is 15.2. The molecule has 0 amide bonds. The van der Waals surface area contributed by atoms with Gasteiger partial charge in [0, 0.05) is 11.1 Å². The van der Waals surface area contributed by atoms with Gasteiger partial charge in [0.1, 0.15) is 5.82 Å². The summed E-state index contributed by atoms with van der Waals surface area (Å²) in [5.74, 6) is -1.12. The summed E-state index contributed by atoms with van der Waals surface area (Å²) >= 11 is 0. The molecule has 0 aromatic heterocycles. The molecule has 0 saturated heterocycles. The summed E-state index contributed by atoms with van der Waals surface area (Å²) in [7, 11) is 0. The van der Waals surface area contributed by atoms with E-state index < -0.39 is 11.6 Å². The monoisotopic (exact) mass is 544 g/mol. The number of allylic oxidation sites excluding steroid dienone is 4. The molecule has 0 radical (unpaired) electrons. The van der Waals surface area contributed by atoms with E-state index in [1.165, 1.54) is 31.3 Å². The lowest BCUT2D eigenvalue weighted by molar-refractivity contribution is 0.454. The number of hydrogen-bond donors (Lipinski definition) is 0. The summed E-state index contributed by atoms with van der Waals surface area (Å²) in [4.78, 5) is 0. The minimum Gasteiger partial charge on any atom is -0.206 e. The summed E-state index contributed by atoms with van der Waals surface area (Å²) in [6, 6.07) is 15.9. The van der Waals surface area contributed by atoms with E-state index in [1.54, 1.807) is 42.5 Å². The van der Waals surface area contributed by atoms with Crippen molar-refractivity contribution in [3.05, 3.63) is 101 Å². The van der Waals surface area contributed by atoms with Crippen LogP contribution in [0.3, 0.4) is 0 Å². The number of rotatable bonds is 13. The van der Waals surface area contributed by atoms with E-state index in [9.17, 15) is 8.78 Å². The van der Waals surface area contributed by atoms with Crippen LogP contribution in [0.2, 0.25) is 0 Å². The third-order valence-corrected chi connectivity index (χ3v) is 8.31. The van der Waals surface area contributed by atoms with Gasteiger partial charge in [0.15, 0.2) is 11.6 Å². The second-order valence-electron chi connectivity index (χ2n) is 11.2. The highest BCUT2D eigenvalue weighted by Crippen LogP contribution is 2.35. The van der Waals surface area contributed by atoms with Gasteiger partial charge in [-0.15, -0.1) is 0 Å². The third-order valence-electron chi connectivity index (χ3n) is 8.31. The highest BCUT2D eigenvalue weighted by molar-refractivity contribution is 5.74. The van der Waals surface area contributed by atoms with Crippen LogP contribution in [-0.2, 0) is 6.42 Å². The van der Waals surface area contributed by atoms with Crippen LogP contribution in [0.4, 0.5) is 13.2 Å². The average Bonchev–Trinajstić information content (AvgIpc) is 2.98. The van der Waals surface area contributed by atoms with Gasteiger partial charge in [-0.05, 0) is 91.7 Å². The van der Waals surface area contributed by atoms with E-state index in [2.05, 4.69) is 32.1 Å². The second kappa shape index (κ2) is 15.1. The fourth-order valence-electron chi connectivity index (χ4n) is 5.79. The van der Waals surface area contributed by atoms with E-state index >= 15 is 4.39 Å². The molecule has 0 bridgehead atoms. The van der Waals surface area contributed by atoms with Crippen LogP contribution >= 0.6 is 0 Å². The van der Waals surface area contributed by atoms with Crippen LogP contribution in [0, 0.1) is 23.4 Å². The van der Waals surface area contributed by atoms with Crippen molar-refractivity contribution >= 4 is 5.57 Å². The van der Waals surface area contributed by atoms with Gasteiger partial charge in [0.2, 0.25) is 0 Å². The Morgan fingerprint density at radius 2 is 1.45 bits per heavy atom. The van der Waals surface area contributed by atoms with Crippen LogP contribution in [0.25, 0.3) is 27.8 Å². The zero-order valence-electron chi connectivity index (χ0n) is 24.1. The van der Waals surface area contributed by atoms with E-state index in [0.717, 1.165) is 56.1 Å². The summed E-state index contributed by atoms with van der Waals surface area (Å²) in [5, 5.41) is 0. The molecule has 1 atom stereocenters. The zero-order valence-corrected chi connectivity index (χ0v) is 24.1. The van der Waals surface area contributed by atoms with Crippen molar-refractivity contribution in [1.82, 2.24) is 0 Å². The van der Waals surface area contributed by atoms with Crippen molar-refractivity contribution in [2.75, 3.05) is 0 Å². The molecule has 212 valence electrons. The molecule has 0 heterocycles. The molecule has 1 aliphatic rings. The Labute approximate surface area is 239 Å². The fraction of sp³-hybridized carbons (Fsp3) is 0.405. The van der Waals surface area contributed by atoms with Gasteiger partial charge in [-0.25, -0.2) is 13.2 Å². The first-order chi connectivity index (χ1) is 19.5. The van der Waals surface area contributed by atoms with Gasteiger partial charge in [-0.3, -0.25) is 0 Å². The van der Waals surface area contributed by atoms with Crippen molar-refractivity contribution in [2.45, 2.75) is 90.9 Å². The molecule has 0 fully saturated rings. The highest BCUT2D eigenvalue weighted by Gasteiger charge is 2.17.